The normalized spacial score (nSPS) is 12.0. The molecule has 31 heavy (non-hydrogen) atoms. The van der Waals surface area contributed by atoms with Gasteiger partial charge in [-0.3, -0.25) is 14.2 Å². The number of fused-ring (bicyclic) bond motifs is 1. The van der Waals surface area contributed by atoms with Crippen molar-refractivity contribution in [2.45, 2.75) is 66.3 Å². The minimum Gasteiger partial charge on any atom is -0.490 e. The van der Waals surface area contributed by atoms with Gasteiger partial charge in [-0.05, 0) is 32.3 Å². The fraction of sp³-hybridized carbons (Fsp3) is 0.609. The number of H-pyrrole nitrogens is 1. The van der Waals surface area contributed by atoms with Gasteiger partial charge < -0.3 is 19.8 Å². The van der Waals surface area contributed by atoms with Crippen molar-refractivity contribution in [3.05, 3.63) is 33.0 Å². The summed E-state index contributed by atoms with van der Waals surface area (Å²) in [6, 6.07) is 3.18. The zero-order valence-corrected chi connectivity index (χ0v) is 19.1. The molecule has 1 unspecified atom stereocenters. The fourth-order valence-corrected chi connectivity index (χ4v) is 3.50. The second-order valence-corrected chi connectivity index (χ2v) is 7.57. The van der Waals surface area contributed by atoms with Crippen LogP contribution in [0.15, 0.2) is 21.7 Å². The van der Waals surface area contributed by atoms with E-state index in [4.69, 9.17) is 9.47 Å². The van der Waals surface area contributed by atoms with E-state index < -0.39 is 11.2 Å². The van der Waals surface area contributed by atoms with Crippen molar-refractivity contribution in [1.82, 2.24) is 14.9 Å². The van der Waals surface area contributed by atoms with Crippen LogP contribution in [-0.2, 0) is 11.3 Å². The summed E-state index contributed by atoms with van der Waals surface area (Å²) in [5, 5.41) is 3.25. The first-order valence-electron chi connectivity index (χ1n) is 11.3. The van der Waals surface area contributed by atoms with Gasteiger partial charge in [0.2, 0.25) is 5.91 Å². The minimum absolute atomic E-state index is 0.0128. The Kier molecular flexibility index (Phi) is 9.62. The molecule has 2 aromatic rings. The molecule has 0 radical (unpaired) electrons. The minimum atomic E-state index is -0.550. The van der Waals surface area contributed by atoms with Gasteiger partial charge in [0.05, 0.1) is 24.1 Å². The average Bonchev–Trinajstić information content (AvgIpc) is 2.75. The molecule has 0 saturated carbocycles. The number of aromatic amines is 1. The van der Waals surface area contributed by atoms with Crippen LogP contribution in [0.2, 0.25) is 0 Å². The lowest BCUT2D eigenvalue weighted by Gasteiger charge is -2.15. The number of hydrogen-bond donors (Lipinski definition) is 2. The number of amides is 1. The summed E-state index contributed by atoms with van der Waals surface area (Å²) in [7, 11) is 0. The third-order valence-corrected chi connectivity index (χ3v) is 5.34. The highest BCUT2D eigenvalue weighted by molar-refractivity contribution is 5.81. The van der Waals surface area contributed by atoms with Gasteiger partial charge in [-0.25, -0.2) is 4.79 Å². The van der Waals surface area contributed by atoms with Crippen LogP contribution in [-0.4, -0.2) is 35.2 Å². The number of aromatic nitrogens is 2. The number of hydrogen-bond acceptors (Lipinski definition) is 5. The van der Waals surface area contributed by atoms with E-state index in [2.05, 4.69) is 24.1 Å². The van der Waals surface area contributed by atoms with E-state index in [9.17, 15) is 14.4 Å². The average molecular weight is 434 g/mol. The Morgan fingerprint density at radius 2 is 1.77 bits per heavy atom. The Bertz CT molecular complexity index is 980. The first-order valence-corrected chi connectivity index (χ1v) is 11.3. The quantitative estimate of drug-likeness (QED) is 0.505. The summed E-state index contributed by atoms with van der Waals surface area (Å²) in [5.41, 5.74) is -0.625. The molecule has 0 aliphatic carbocycles. The SMILES string of the molecule is CCCCC(CC)CNC(=O)CCn1c(=O)[nH]c2cc(OCC)c(OCC)cc2c1=O. The molecule has 0 spiro atoms. The van der Waals surface area contributed by atoms with E-state index in [0.717, 1.165) is 30.3 Å². The van der Waals surface area contributed by atoms with Crippen LogP contribution in [0.1, 0.15) is 59.8 Å². The smallest absolute Gasteiger partial charge is 0.328 e. The number of nitrogens with one attached hydrogen (secondary N) is 2. The molecule has 1 aromatic carbocycles. The van der Waals surface area contributed by atoms with E-state index >= 15 is 0 Å². The Morgan fingerprint density at radius 1 is 1.10 bits per heavy atom. The van der Waals surface area contributed by atoms with Crippen molar-refractivity contribution in [1.29, 1.82) is 0 Å². The molecule has 2 rings (SSSR count). The summed E-state index contributed by atoms with van der Waals surface area (Å²) in [5.74, 6) is 1.20. The molecule has 2 N–H and O–H groups in total. The topological polar surface area (TPSA) is 102 Å². The van der Waals surface area contributed by atoms with Crippen molar-refractivity contribution in [2.75, 3.05) is 19.8 Å². The lowest BCUT2D eigenvalue weighted by atomic mass is 9.99. The molecular weight excluding hydrogens is 398 g/mol. The summed E-state index contributed by atoms with van der Waals surface area (Å²) in [6.45, 7) is 9.44. The Labute approximate surface area is 182 Å². The van der Waals surface area contributed by atoms with E-state index in [-0.39, 0.29) is 18.9 Å². The van der Waals surface area contributed by atoms with E-state index in [1.807, 2.05) is 13.8 Å². The van der Waals surface area contributed by atoms with E-state index in [1.165, 1.54) is 0 Å². The van der Waals surface area contributed by atoms with E-state index in [1.54, 1.807) is 12.1 Å². The van der Waals surface area contributed by atoms with Gasteiger partial charge in [-0.2, -0.15) is 0 Å². The number of nitrogens with zero attached hydrogens (tertiary/aromatic N) is 1. The molecule has 1 heterocycles. The Morgan fingerprint density at radius 3 is 2.39 bits per heavy atom. The number of ether oxygens (including phenoxy) is 2. The molecule has 0 bridgehead atoms. The number of carbonyl (C=O) groups excluding carboxylic acids is 1. The first-order chi connectivity index (χ1) is 14.9. The highest BCUT2D eigenvalue weighted by Gasteiger charge is 2.15. The highest BCUT2D eigenvalue weighted by Crippen LogP contribution is 2.30. The number of rotatable bonds is 13. The molecule has 1 amide bonds. The van der Waals surface area contributed by atoms with Crippen molar-refractivity contribution in [3.63, 3.8) is 0 Å². The standard InChI is InChI=1S/C23H35N3O5/c1-5-9-10-16(6-2)15-24-21(27)11-12-26-22(28)17-13-19(30-7-3)20(31-8-4)14-18(17)25-23(26)29/h13-14,16H,5-12,15H2,1-4H3,(H,24,27)(H,25,29). The zero-order chi connectivity index (χ0) is 22.8. The molecular formula is C23H35N3O5. The zero-order valence-electron chi connectivity index (χ0n) is 19.1. The fourth-order valence-electron chi connectivity index (χ4n) is 3.50. The summed E-state index contributed by atoms with van der Waals surface area (Å²) in [4.78, 5) is 40.4. The van der Waals surface area contributed by atoms with Gasteiger partial charge in [0.15, 0.2) is 11.5 Å². The predicted molar refractivity (Wildman–Crippen MR) is 122 cm³/mol. The van der Waals surface area contributed by atoms with Crippen LogP contribution in [0.5, 0.6) is 11.5 Å². The van der Waals surface area contributed by atoms with Crippen LogP contribution >= 0.6 is 0 Å². The lowest BCUT2D eigenvalue weighted by Crippen LogP contribution is -2.37. The second kappa shape index (κ2) is 12.2. The number of unbranched alkanes of at least 4 members (excludes halogenated alkanes) is 1. The largest absolute Gasteiger partial charge is 0.490 e. The first kappa shape index (κ1) is 24.5. The van der Waals surface area contributed by atoms with Crippen LogP contribution in [0.25, 0.3) is 10.9 Å². The molecule has 8 heteroatoms. The number of carbonyl (C=O) groups is 1. The molecule has 1 atom stereocenters. The van der Waals surface area contributed by atoms with Crippen molar-refractivity contribution in [2.24, 2.45) is 5.92 Å². The van der Waals surface area contributed by atoms with Crippen LogP contribution in [0.3, 0.4) is 0 Å². The second-order valence-electron chi connectivity index (χ2n) is 7.57. The maximum absolute atomic E-state index is 12.9. The Balaban J connectivity index is 2.16. The third-order valence-electron chi connectivity index (χ3n) is 5.34. The van der Waals surface area contributed by atoms with Crippen molar-refractivity contribution in [3.8, 4) is 11.5 Å². The third kappa shape index (κ3) is 6.60. The lowest BCUT2D eigenvalue weighted by molar-refractivity contribution is -0.121. The van der Waals surface area contributed by atoms with E-state index in [0.29, 0.717) is 48.1 Å². The molecule has 1 aromatic heterocycles. The van der Waals surface area contributed by atoms with Crippen LogP contribution in [0.4, 0.5) is 0 Å². The van der Waals surface area contributed by atoms with Crippen LogP contribution < -0.4 is 26.0 Å². The highest BCUT2D eigenvalue weighted by atomic mass is 16.5. The summed E-state index contributed by atoms with van der Waals surface area (Å²) in [6.07, 6.45) is 4.44. The predicted octanol–water partition coefficient (Wildman–Crippen LogP) is 3.21. The number of benzene rings is 1. The molecule has 0 fully saturated rings. The molecule has 0 aliphatic rings. The van der Waals surface area contributed by atoms with Crippen molar-refractivity contribution >= 4 is 16.8 Å². The van der Waals surface area contributed by atoms with Gasteiger partial charge in [0.1, 0.15) is 0 Å². The molecule has 0 saturated heterocycles. The molecule has 8 nitrogen and oxygen atoms in total. The summed E-state index contributed by atoms with van der Waals surface area (Å²) < 4.78 is 12.2. The summed E-state index contributed by atoms with van der Waals surface area (Å²) >= 11 is 0. The van der Waals surface area contributed by atoms with Gasteiger partial charge in [0, 0.05) is 25.6 Å². The van der Waals surface area contributed by atoms with Gasteiger partial charge in [-0.1, -0.05) is 33.1 Å². The maximum Gasteiger partial charge on any atom is 0.328 e. The van der Waals surface area contributed by atoms with Gasteiger partial charge in [-0.15, -0.1) is 0 Å². The van der Waals surface area contributed by atoms with Gasteiger partial charge in [0.25, 0.3) is 5.56 Å². The Hall–Kier alpha value is -2.77. The maximum atomic E-state index is 12.9. The van der Waals surface area contributed by atoms with Gasteiger partial charge >= 0.3 is 5.69 Å². The molecule has 0 aliphatic heterocycles. The van der Waals surface area contributed by atoms with Crippen LogP contribution in [0, 0.1) is 5.92 Å². The van der Waals surface area contributed by atoms with Crippen molar-refractivity contribution < 1.29 is 14.3 Å². The molecule has 172 valence electrons. The monoisotopic (exact) mass is 433 g/mol.